The first kappa shape index (κ1) is 20.4. The van der Waals surface area contributed by atoms with E-state index in [1.807, 2.05) is 12.3 Å². The first-order chi connectivity index (χ1) is 15.3. The minimum absolute atomic E-state index is 0.377. The SMILES string of the molecule is c1ccc(-c2[nH]ncc2CN2CCC(CCc3noc(C4CCOCC4)n3)CC2)cc1. The number of H-pyrrole nitrogens is 1. The van der Waals surface area contributed by atoms with Gasteiger partial charge in [-0.15, -0.1) is 0 Å². The molecule has 7 nitrogen and oxygen atoms in total. The van der Waals surface area contributed by atoms with Crippen molar-refractivity contribution in [1.29, 1.82) is 0 Å². The van der Waals surface area contributed by atoms with Crippen molar-refractivity contribution < 1.29 is 9.26 Å². The molecule has 4 heterocycles. The Morgan fingerprint density at radius 1 is 1.03 bits per heavy atom. The fourth-order valence-electron chi connectivity index (χ4n) is 4.77. The molecule has 0 spiro atoms. The van der Waals surface area contributed by atoms with Crippen LogP contribution in [0.25, 0.3) is 11.3 Å². The van der Waals surface area contributed by atoms with Gasteiger partial charge in [-0.3, -0.25) is 10.00 Å². The Morgan fingerprint density at radius 2 is 1.84 bits per heavy atom. The summed E-state index contributed by atoms with van der Waals surface area (Å²) in [5.74, 6) is 2.79. The van der Waals surface area contributed by atoms with Gasteiger partial charge in [0.15, 0.2) is 5.82 Å². The fraction of sp³-hybridized carbons (Fsp3) is 0.542. The van der Waals surface area contributed by atoms with E-state index < -0.39 is 0 Å². The summed E-state index contributed by atoms with van der Waals surface area (Å²) in [6.45, 7) is 4.80. The van der Waals surface area contributed by atoms with Gasteiger partial charge in [0.25, 0.3) is 0 Å². The number of aryl methyl sites for hydroxylation is 1. The molecule has 7 heteroatoms. The van der Waals surface area contributed by atoms with Crippen molar-refractivity contribution in [3.63, 3.8) is 0 Å². The van der Waals surface area contributed by atoms with Crippen LogP contribution in [0.3, 0.4) is 0 Å². The van der Waals surface area contributed by atoms with E-state index in [2.05, 4.69) is 49.5 Å². The highest BCUT2D eigenvalue weighted by Gasteiger charge is 2.24. The number of aromatic nitrogens is 4. The van der Waals surface area contributed by atoms with Gasteiger partial charge in [0.05, 0.1) is 11.9 Å². The van der Waals surface area contributed by atoms with Crippen LogP contribution in [0.1, 0.15) is 55.3 Å². The van der Waals surface area contributed by atoms with Gasteiger partial charge in [-0.2, -0.15) is 10.1 Å². The van der Waals surface area contributed by atoms with Crippen molar-refractivity contribution in [2.75, 3.05) is 26.3 Å². The minimum Gasteiger partial charge on any atom is -0.381 e. The lowest BCUT2D eigenvalue weighted by molar-refractivity contribution is 0.0778. The third-order valence-corrected chi connectivity index (χ3v) is 6.71. The summed E-state index contributed by atoms with van der Waals surface area (Å²) >= 11 is 0. The van der Waals surface area contributed by atoms with Crippen molar-refractivity contribution in [3.05, 3.63) is 53.8 Å². The van der Waals surface area contributed by atoms with Crippen LogP contribution in [0.15, 0.2) is 41.1 Å². The molecule has 0 radical (unpaired) electrons. The van der Waals surface area contributed by atoms with Gasteiger partial charge in [0, 0.05) is 37.7 Å². The third kappa shape index (κ3) is 5.05. The Hall–Kier alpha value is -2.51. The molecule has 5 rings (SSSR count). The molecule has 31 heavy (non-hydrogen) atoms. The zero-order chi connectivity index (χ0) is 20.9. The van der Waals surface area contributed by atoms with E-state index in [1.165, 1.54) is 24.0 Å². The molecule has 2 aromatic heterocycles. The van der Waals surface area contributed by atoms with Crippen LogP contribution in [0.4, 0.5) is 0 Å². The highest BCUT2D eigenvalue weighted by molar-refractivity contribution is 5.62. The molecule has 0 saturated carbocycles. The number of hydrogen-bond donors (Lipinski definition) is 1. The van der Waals surface area contributed by atoms with Gasteiger partial charge in [0.1, 0.15) is 0 Å². The van der Waals surface area contributed by atoms with Crippen LogP contribution in [0, 0.1) is 5.92 Å². The number of aromatic amines is 1. The summed E-state index contributed by atoms with van der Waals surface area (Å²) in [6.07, 6.45) is 8.46. The average Bonchev–Trinajstić information content (AvgIpc) is 3.50. The molecule has 0 unspecified atom stereocenters. The highest BCUT2D eigenvalue weighted by Crippen LogP contribution is 2.28. The molecule has 1 N–H and O–H groups in total. The summed E-state index contributed by atoms with van der Waals surface area (Å²) in [5, 5.41) is 11.7. The Kier molecular flexibility index (Phi) is 6.41. The Balaban J connectivity index is 1.09. The van der Waals surface area contributed by atoms with E-state index in [-0.39, 0.29) is 0 Å². The first-order valence-electron chi connectivity index (χ1n) is 11.6. The lowest BCUT2D eigenvalue weighted by Gasteiger charge is -2.31. The van der Waals surface area contributed by atoms with Crippen molar-refractivity contribution in [2.45, 2.75) is 51.0 Å². The van der Waals surface area contributed by atoms with Crippen LogP contribution < -0.4 is 0 Å². The number of rotatable bonds is 7. The molecule has 2 aliphatic rings. The molecular formula is C24H31N5O2. The standard InChI is InChI=1S/C24H31N5O2/c1-2-4-19(5-3-1)23-21(16-25-27-23)17-29-12-8-18(9-13-29)6-7-22-26-24(31-28-22)20-10-14-30-15-11-20/h1-5,16,18,20H,6-15,17H2,(H,25,27). The van der Waals surface area contributed by atoms with Crippen molar-refractivity contribution in [2.24, 2.45) is 5.92 Å². The van der Waals surface area contributed by atoms with Crippen molar-refractivity contribution in [1.82, 2.24) is 25.2 Å². The Labute approximate surface area is 183 Å². The predicted octanol–water partition coefficient (Wildman–Crippen LogP) is 4.20. The van der Waals surface area contributed by atoms with Crippen LogP contribution in [-0.2, 0) is 17.7 Å². The minimum atomic E-state index is 0.377. The van der Waals surface area contributed by atoms with E-state index in [4.69, 9.17) is 9.26 Å². The molecule has 1 aromatic carbocycles. The molecule has 2 aliphatic heterocycles. The van der Waals surface area contributed by atoms with E-state index in [0.29, 0.717) is 5.92 Å². The van der Waals surface area contributed by atoms with E-state index in [1.54, 1.807) is 0 Å². The second kappa shape index (κ2) is 9.75. The summed E-state index contributed by atoms with van der Waals surface area (Å²) in [4.78, 5) is 7.21. The maximum absolute atomic E-state index is 5.53. The van der Waals surface area contributed by atoms with Gasteiger partial charge in [0.2, 0.25) is 5.89 Å². The van der Waals surface area contributed by atoms with Gasteiger partial charge < -0.3 is 9.26 Å². The number of likely N-dealkylation sites (tertiary alicyclic amines) is 1. The lowest BCUT2D eigenvalue weighted by Crippen LogP contribution is -2.33. The van der Waals surface area contributed by atoms with Gasteiger partial charge in [-0.05, 0) is 56.7 Å². The summed E-state index contributed by atoms with van der Waals surface area (Å²) < 4.78 is 11.0. The van der Waals surface area contributed by atoms with Gasteiger partial charge in [-0.1, -0.05) is 35.5 Å². The van der Waals surface area contributed by atoms with E-state index in [0.717, 1.165) is 81.9 Å². The molecule has 2 saturated heterocycles. The predicted molar refractivity (Wildman–Crippen MR) is 117 cm³/mol. The smallest absolute Gasteiger partial charge is 0.229 e. The number of nitrogens with one attached hydrogen (secondary N) is 1. The summed E-state index contributed by atoms with van der Waals surface area (Å²) in [7, 11) is 0. The topological polar surface area (TPSA) is 80.1 Å². The normalized spacial score (nSPS) is 19.1. The van der Waals surface area contributed by atoms with Crippen LogP contribution in [-0.4, -0.2) is 51.5 Å². The quantitative estimate of drug-likeness (QED) is 0.616. The number of hydrogen-bond acceptors (Lipinski definition) is 6. The van der Waals surface area contributed by atoms with Crippen LogP contribution in [0.5, 0.6) is 0 Å². The number of ether oxygens (including phenoxy) is 1. The monoisotopic (exact) mass is 421 g/mol. The molecule has 3 aromatic rings. The fourth-order valence-corrected chi connectivity index (χ4v) is 4.77. The maximum Gasteiger partial charge on any atom is 0.229 e. The van der Waals surface area contributed by atoms with Crippen molar-refractivity contribution >= 4 is 0 Å². The third-order valence-electron chi connectivity index (χ3n) is 6.71. The highest BCUT2D eigenvalue weighted by atomic mass is 16.5. The molecule has 0 aliphatic carbocycles. The second-order valence-corrected chi connectivity index (χ2v) is 8.83. The van der Waals surface area contributed by atoms with E-state index in [9.17, 15) is 0 Å². The van der Waals surface area contributed by atoms with Crippen LogP contribution in [0.2, 0.25) is 0 Å². The van der Waals surface area contributed by atoms with Crippen LogP contribution >= 0.6 is 0 Å². The van der Waals surface area contributed by atoms with Gasteiger partial charge >= 0.3 is 0 Å². The molecule has 0 atom stereocenters. The zero-order valence-corrected chi connectivity index (χ0v) is 18.0. The first-order valence-corrected chi connectivity index (χ1v) is 11.6. The second-order valence-electron chi connectivity index (χ2n) is 8.83. The largest absolute Gasteiger partial charge is 0.381 e. The molecular weight excluding hydrogens is 390 g/mol. The number of benzene rings is 1. The maximum atomic E-state index is 5.53. The molecule has 0 amide bonds. The molecule has 2 fully saturated rings. The number of nitrogens with zero attached hydrogens (tertiary/aromatic N) is 4. The average molecular weight is 422 g/mol. The van der Waals surface area contributed by atoms with Gasteiger partial charge in [-0.25, -0.2) is 0 Å². The summed E-state index contributed by atoms with van der Waals surface area (Å²) in [6, 6.07) is 10.5. The molecule has 164 valence electrons. The lowest BCUT2D eigenvalue weighted by atomic mass is 9.92. The number of piperidine rings is 1. The Morgan fingerprint density at radius 3 is 2.65 bits per heavy atom. The van der Waals surface area contributed by atoms with Crippen molar-refractivity contribution in [3.8, 4) is 11.3 Å². The van der Waals surface area contributed by atoms with E-state index >= 15 is 0 Å². The summed E-state index contributed by atoms with van der Waals surface area (Å²) in [5.41, 5.74) is 3.61. The zero-order valence-electron chi connectivity index (χ0n) is 18.0. The Bertz CT molecular complexity index is 940. The molecule has 0 bridgehead atoms.